The fourth-order valence-corrected chi connectivity index (χ4v) is 5.40. The molecule has 1 aliphatic carbocycles. The lowest BCUT2D eigenvalue weighted by molar-refractivity contribution is -0.385. The summed E-state index contributed by atoms with van der Waals surface area (Å²) in [6.07, 6.45) is 0. The van der Waals surface area contributed by atoms with Crippen LogP contribution in [0.2, 0.25) is 0 Å². The number of ether oxygens (including phenoxy) is 1. The molecule has 3 aromatic rings. The molecule has 2 atom stereocenters. The van der Waals surface area contributed by atoms with Gasteiger partial charge in [0.15, 0.2) is 0 Å². The van der Waals surface area contributed by atoms with Gasteiger partial charge in [0.1, 0.15) is 11.3 Å². The quantitative estimate of drug-likeness (QED) is 0.442. The molecule has 0 radical (unpaired) electrons. The Hall–Kier alpha value is -3.56. The number of hydrogen-bond acceptors (Lipinski definition) is 7. The molecule has 1 aliphatic heterocycles. The van der Waals surface area contributed by atoms with Crippen molar-refractivity contribution in [1.82, 2.24) is 5.32 Å². The molecule has 2 heterocycles. The number of hydrogen-bond donors (Lipinski definition) is 2. The highest BCUT2D eigenvalue weighted by Gasteiger charge is 2.73. The van der Waals surface area contributed by atoms with Gasteiger partial charge in [-0.05, 0) is 36.6 Å². The third kappa shape index (κ3) is 2.72. The highest BCUT2D eigenvalue weighted by molar-refractivity contribution is 7.13. The number of ketones is 1. The summed E-state index contributed by atoms with van der Waals surface area (Å²) in [6.45, 7) is 5.83. The molecule has 2 aromatic carbocycles. The van der Waals surface area contributed by atoms with Crippen molar-refractivity contribution in [3.8, 4) is 5.75 Å². The fraction of sp³-hybridized carbons (Fsp3) is 0.250. The van der Waals surface area contributed by atoms with E-state index in [1.165, 1.54) is 29.5 Å². The molecule has 8 nitrogen and oxygen atoms in total. The van der Waals surface area contributed by atoms with Crippen molar-refractivity contribution in [3.63, 3.8) is 0 Å². The van der Waals surface area contributed by atoms with E-state index >= 15 is 0 Å². The van der Waals surface area contributed by atoms with E-state index in [0.717, 1.165) is 10.4 Å². The van der Waals surface area contributed by atoms with Crippen molar-refractivity contribution in [2.75, 3.05) is 0 Å². The third-order valence-electron chi connectivity index (χ3n) is 6.28. The van der Waals surface area contributed by atoms with Gasteiger partial charge in [0.05, 0.1) is 9.80 Å². The Kier molecular flexibility index (Phi) is 4.50. The first-order valence-corrected chi connectivity index (χ1v) is 11.2. The lowest BCUT2D eigenvalue weighted by atomic mass is 9.82. The Morgan fingerprint density at radius 2 is 1.94 bits per heavy atom. The first-order chi connectivity index (χ1) is 15.6. The minimum absolute atomic E-state index is 0.0494. The summed E-state index contributed by atoms with van der Waals surface area (Å²) in [7, 11) is 0. The largest absolute Gasteiger partial charge is 0.454 e. The van der Waals surface area contributed by atoms with Crippen LogP contribution in [0.4, 0.5) is 5.69 Å². The number of nitro groups is 1. The van der Waals surface area contributed by atoms with Crippen LogP contribution in [-0.2, 0) is 11.3 Å². The number of carbonyl (C=O) groups excluding carboxylic acids is 2. The van der Waals surface area contributed by atoms with Crippen molar-refractivity contribution in [2.24, 2.45) is 0 Å². The Balaban J connectivity index is 1.76. The van der Waals surface area contributed by atoms with Crippen LogP contribution in [-0.4, -0.2) is 21.7 Å². The minimum Gasteiger partial charge on any atom is -0.454 e. The van der Waals surface area contributed by atoms with E-state index in [1.807, 2.05) is 20.8 Å². The Bertz CT molecular complexity index is 1360. The Labute approximate surface area is 193 Å². The zero-order chi connectivity index (χ0) is 23.7. The van der Waals surface area contributed by atoms with E-state index in [1.54, 1.807) is 30.3 Å². The SMILES string of the molecule is Cc1ccc(C(=O)NC23C(=O)c4c([N+](=O)[O-])cccc4C2(O)Oc2cc(C(C)C)ccc23)s1. The number of nitro benzene ring substituents is 1. The molecule has 9 heteroatoms. The molecular weight excluding hydrogens is 444 g/mol. The van der Waals surface area contributed by atoms with Crippen LogP contribution in [0.3, 0.4) is 0 Å². The number of Topliss-reactive ketones (excluding diaryl/α,β-unsaturated/α-hetero) is 1. The maximum absolute atomic E-state index is 13.9. The van der Waals surface area contributed by atoms with E-state index in [9.17, 15) is 24.8 Å². The van der Waals surface area contributed by atoms with Gasteiger partial charge in [0.25, 0.3) is 17.4 Å². The molecule has 168 valence electrons. The number of amides is 1. The predicted octanol–water partition coefficient (Wildman–Crippen LogP) is 4.15. The number of thiophene rings is 1. The first-order valence-electron chi connectivity index (χ1n) is 10.4. The summed E-state index contributed by atoms with van der Waals surface area (Å²) in [4.78, 5) is 39.4. The van der Waals surface area contributed by atoms with Crippen LogP contribution in [0.25, 0.3) is 0 Å². The van der Waals surface area contributed by atoms with Gasteiger partial charge < -0.3 is 15.2 Å². The van der Waals surface area contributed by atoms with E-state index in [0.29, 0.717) is 4.88 Å². The molecule has 2 N–H and O–H groups in total. The maximum Gasteiger partial charge on any atom is 0.280 e. The highest BCUT2D eigenvalue weighted by Crippen LogP contribution is 2.59. The average molecular weight is 464 g/mol. The second kappa shape index (κ2) is 6.97. The molecule has 2 aliphatic rings. The summed E-state index contributed by atoms with van der Waals surface area (Å²) < 4.78 is 5.99. The molecule has 1 amide bonds. The summed E-state index contributed by atoms with van der Waals surface area (Å²) in [5.74, 6) is -3.31. The Morgan fingerprint density at radius 1 is 1.18 bits per heavy atom. The zero-order valence-electron chi connectivity index (χ0n) is 18.0. The second-order valence-corrected chi connectivity index (χ2v) is 9.84. The molecule has 0 fully saturated rings. The van der Waals surface area contributed by atoms with E-state index in [2.05, 4.69) is 5.32 Å². The average Bonchev–Trinajstić information content (AvgIpc) is 3.37. The van der Waals surface area contributed by atoms with Crippen LogP contribution in [0.5, 0.6) is 5.75 Å². The molecule has 2 unspecified atom stereocenters. The van der Waals surface area contributed by atoms with Crippen LogP contribution in [0.15, 0.2) is 48.5 Å². The van der Waals surface area contributed by atoms with E-state index < -0.39 is 33.6 Å². The Morgan fingerprint density at radius 3 is 2.58 bits per heavy atom. The molecule has 0 saturated carbocycles. The van der Waals surface area contributed by atoms with Gasteiger partial charge in [-0.3, -0.25) is 19.7 Å². The molecule has 1 aromatic heterocycles. The number of aryl methyl sites for hydroxylation is 1. The van der Waals surface area contributed by atoms with Gasteiger partial charge in [-0.2, -0.15) is 0 Å². The normalized spacial score (nSPS) is 22.5. The molecule has 0 saturated heterocycles. The van der Waals surface area contributed by atoms with E-state index in [-0.39, 0.29) is 28.4 Å². The minimum atomic E-state index is -2.34. The van der Waals surface area contributed by atoms with Gasteiger partial charge in [0, 0.05) is 22.1 Å². The molecule has 33 heavy (non-hydrogen) atoms. The summed E-state index contributed by atoms with van der Waals surface area (Å²) in [5, 5.41) is 26.3. The molecule has 0 spiro atoms. The van der Waals surface area contributed by atoms with Gasteiger partial charge >= 0.3 is 0 Å². The number of carbonyl (C=O) groups is 2. The molecule has 5 rings (SSSR count). The van der Waals surface area contributed by atoms with Crippen molar-refractivity contribution in [2.45, 2.75) is 38.0 Å². The summed E-state index contributed by atoms with van der Waals surface area (Å²) in [5.41, 5.74) is -1.67. The van der Waals surface area contributed by atoms with E-state index in [4.69, 9.17) is 4.74 Å². The van der Waals surface area contributed by atoms with Crippen molar-refractivity contribution >= 4 is 28.7 Å². The van der Waals surface area contributed by atoms with Gasteiger partial charge in [-0.15, -0.1) is 11.3 Å². The van der Waals surface area contributed by atoms with Crippen LogP contribution >= 0.6 is 11.3 Å². The number of benzene rings is 2. The number of fused-ring (bicyclic) bond motifs is 5. The first kappa shape index (κ1) is 21.3. The lowest BCUT2D eigenvalue weighted by Gasteiger charge is -2.34. The van der Waals surface area contributed by atoms with Gasteiger partial charge in [0.2, 0.25) is 11.3 Å². The van der Waals surface area contributed by atoms with Crippen LogP contribution in [0, 0.1) is 17.0 Å². The van der Waals surface area contributed by atoms with Crippen LogP contribution < -0.4 is 10.1 Å². The standard InChI is InChI=1S/C24H20N2O6S/c1-12(2)14-8-9-15-18(11-14)32-24(29)16-5-4-6-17(26(30)31)20(16)21(27)23(15,24)25-22(28)19-10-7-13(3)33-19/h4-12,29H,1-3H3,(H,25,28). The molecular formula is C24H20N2O6S. The number of nitrogens with zero attached hydrogens (tertiary/aromatic N) is 1. The van der Waals surface area contributed by atoms with Crippen molar-refractivity contribution in [1.29, 1.82) is 0 Å². The second-order valence-electron chi connectivity index (χ2n) is 8.56. The summed E-state index contributed by atoms with van der Waals surface area (Å²) >= 11 is 1.24. The number of rotatable bonds is 4. The number of aliphatic hydroxyl groups is 1. The lowest BCUT2D eigenvalue weighted by Crippen LogP contribution is -2.60. The third-order valence-corrected chi connectivity index (χ3v) is 7.28. The molecule has 0 bridgehead atoms. The smallest absolute Gasteiger partial charge is 0.280 e. The predicted molar refractivity (Wildman–Crippen MR) is 121 cm³/mol. The monoisotopic (exact) mass is 464 g/mol. The van der Waals surface area contributed by atoms with Crippen molar-refractivity contribution < 1.29 is 24.4 Å². The topological polar surface area (TPSA) is 119 Å². The highest BCUT2D eigenvalue weighted by atomic mass is 32.1. The van der Waals surface area contributed by atoms with Crippen molar-refractivity contribution in [3.05, 3.63) is 90.7 Å². The summed E-state index contributed by atoms with van der Waals surface area (Å²) in [6, 6.07) is 12.6. The fourth-order valence-electron chi connectivity index (χ4n) is 4.64. The number of nitrogens with one attached hydrogen (secondary N) is 1. The maximum atomic E-state index is 13.9. The zero-order valence-corrected chi connectivity index (χ0v) is 18.9. The van der Waals surface area contributed by atoms with Gasteiger partial charge in [-0.1, -0.05) is 38.1 Å². The van der Waals surface area contributed by atoms with Crippen LogP contribution in [0.1, 0.15) is 61.4 Å². The van der Waals surface area contributed by atoms with Gasteiger partial charge in [-0.25, -0.2) is 0 Å².